The van der Waals surface area contributed by atoms with Crippen LogP contribution in [0.3, 0.4) is 0 Å². The van der Waals surface area contributed by atoms with Crippen LogP contribution in [0.5, 0.6) is 0 Å². The van der Waals surface area contributed by atoms with Crippen LogP contribution >= 0.6 is 0 Å². The van der Waals surface area contributed by atoms with Gasteiger partial charge in [0.25, 0.3) is 0 Å². The molecule has 3 heterocycles. The third-order valence-corrected chi connectivity index (χ3v) is 4.50. The first-order chi connectivity index (χ1) is 12.5. The van der Waals surface area contributed by atoms with Gasteiger partial charge in [0.15, 0.2) is 5.65 Å². The molecule has 0 radical (unpaired) electrons. The van der Waals surface area contributed by atoms with Gasteiger partial charge in [-0.1, -0.05) is 6.07 Å². The Morgan fingerprint density at radius 1 is 1.15 bits per heavy atom. The van der Waals surface area contributed by atoms with Crippen LogP contribution in [0, 0.1) is 0 Å². The van der Waals surface area contributed by atoms with Gasteiger partial charge in [-0.25, -0.2) is 14.6 Å². The number of aromatic nitrogens is 4. The molecule has 9 heteroatoms. The van der Waals surface area contributed by atoms with Crippen LogP contribution in [0.2, 0.25) is 0 Å². The van der Waals surface area contributed by atoms with Gasteiger partial charge in [0, 0.05) is 5.69 Å². The number of nitrogens with zero attached hydrogens (tertiary/aromatic N) is 4. The van der Waals surface area contributed by atoms with Crippen LogP contribution in [0.25, 0.3) is 11.0 Å². The van der Waals surface area contributed by atoms with Gasteiger partial charge in [0.05, 0.1) is 23.2 Å². The largest absolute Gasteiger partial charge is 0.416 e. The van der Waals surface area contributed by atoms with E-state index in [9.17, 15) is 13.2 Å². The molecule has 1 aliphatic heterocycles. The number of benzene rings is 1. The summed E-state index contributed by atoms with van der Waals surface area (Å²) in [6.07, 6.45) is 0.581. The van der Waals surface area contributed by atoms with Gasteiger partial charge in [0.2, 0.25) is 0 Å². The van der Waals surface area contributed by atoms with Gasteiger partial charge in [-0.15, -0.1) is 0 Å². The topological polar surface area (TPSA) is 67.7 Å². The molecule has 26 heavy (non-hydrogen) atoms. The smallest absolute Gasteiger partial charge is 0.340 e. The minimum atomic E-state index is -4.39. The standard InChI is InChI=1S/C17H17F3N6/c18-17(19,20)11-2-1-3-12(8-11)25-15-14-9-24-26(16(14)23-10-22-15)13-4-6-21-7-5-13/h1-3,8-10,13,21H,4-7H2,(H,22,23,25). The number of rotatable bonds is 3. The average Bonchev–Trinajstić information content (AvgIpc) is 3.07. The molecule has 6 nitrogen and oxygen atoms in total. The fourth-order valence-corrected chi connectivity index (χ4v) is 3.19. The first-order valence-corrected chi connectivity index (χ1v) is 8.35. The molecule has 0 atom stereocenters. The zero-order valence-corrected chi connectivity index (χ0v) is 13.8. The maximum atomic E-state index is 12.9. The summed E-state index contributed by atoms with van der Waals surface area (Å²) in [4.78, 5) is 8.51. The summed E-state index contributed by atoms with van der Waals surface area (Å²) < 4.78 is 40.6. The monoisotopic (exact) mass is 362 g/mol. The van der Waals surface area contributed by atoms with Crippen molar-refractivity contribution in [3.63, 3.8) is 0 Å². The molecule has 1 fully saturated rings. The minimum absolute atomic E-state index is 0.255. The lowest BCUT2D eigenvalue weighted by Crippen LogP contribution is -2.29. The van der Waals surface area contributed by atoms with Crippen LogP contribution in [0.1, 0.15) is 24.4 Å². The highest BCUT2D eigenvalue weighted by atomic mass is 19.4. The number of alkyl halides is 3. The highest BCUT2D eigenvalue weighted by Gasteiger charge is 2.30. The van der Waals surface area contributed by atoms with Gasteiger partial charge in [-0.3, -0.25) is 0 Å². The minimum Gasteiger partial charge on any atom is -0.340 e. The van der Waals surface area contributed by atoms with E-state index < -0.39 is 11.7 Å². The van der Waals surface area contributed by atoms with Gasteiger partial charge < -0.3 is 10.6 Å². The molecule has 0 amide bonds. The van der Waals surface area contributed by atoms with Crippen molar-refractivity contribution in [2.24, 2.45) is 0 Å². The van der Waals surface area contributed by atoms with E-state index in [0.29, 0.717) is 22.5 Å². The normalized spacial score (nSPS) is 16.1. The Morgan fingerprint density at radius 2 is 1.96 bits per heavy atom. The second-order valence-electron chi connectivity index (χ2n) is 6.23. The fourth-order valence-electron chi connectivity index (χ4n) is 3.19. The summed E-state index contributed by atoms with van der Waals surface area (Å²) in [5.41, 5.74) is 0.286. The molecule has 0 bridgehead atoms. The summed E-state index contributed by atoms with van der Waals surface area (Å²) in [7, 11) is 0. The summed E-state index contributed by atoms with van der Waals surface area (Å²) in [5.74, 6) is 0.439. The Hall–Kier alpha value is -2.68. The van der Waals surface area contributed by atoms with Crippen molar-refractivity contribution in [3.05, 3.63) is 42.4 Å². The van der Waals surface area contributed by atoms with Crippen LogP contribution in [-0.4, -0.2) is 32.8 Å². The lowest BCUT2D eigenvalue weighted by atomic mass is 10.1. The molecule has 2 N–H and O–H groups in total. The summed E-state index contributed by atoms with van der Waals surface area (Å²) in [6.45, 7) is 1.85. The molecule has 0 unspecified atom stereocenters. The van der Waals surface area contributed by atoms with E-state index in [2.05, 4.69) is 25.7 Å². The Morgan fingerprint density at radius 3 is 2.73 bits per heavy atom. The number of halogens is 3. The molecule has 3 aromatic rings. The molecule has 0 spiro atoms. The van der Waals surface area contributed by atoms with Gasteiger partial charge in [-0.2, -0.15) is 18.3 Å². The quantitative estimate of drug-likeness (QED) is 0.746. The lowest BCUT2D eigenvalue weighted by Gasteiger charge is -2.23. The molecular weight excluding hydrogens is 345 g/mol. The lowest BCUT2D eigenvalue weighted by molar-refractivity contribution is -0.137. The Labute approximate surface area is 147 Å². The average molecular weight is 362 g/mol. The van der Waals surface area contributed by atoms with Crippen molar-refractivity contribution >= 4 is 22.5 Å². The number of hydrogen-bond acceptors (Lipinski definition) is 5. The number of fused-ring (bicyclic) bond motifs is 1. The van der Waals surface area contributed by atoms with E-state index in [1.807, 2.05) is 4.68 Å². The van der Waals surface area contributed by atoms with Gasteiger partial charge in [0.1, 0.15) is 12.1 Å². The number of nitrogens with one attached hydrogen (secondary N) is 2. The number of anilines is 2. The van der Waals surface area contributed by atoms with E-state index >= 15 is 0 Å². The van der Waals surface area contributed by atoms with Crippen molar-refractivity contribution in [1.29, 1.82) is 0 Å². The first kappa shape index (κ1) is 16.8. The summed E-state index contributed by atoms with van der Waals surface area (Å²) >= 11 is 0. The van der Waals surface area contributed by atoms with E-state index in [-0.39, 0.29) is 6.04 Å². The second kappa shape index (κ2) is 6.56. The van der Waals surface area contributed by atoms with E-state index in [1.54, 1.807) is 12.3 Å². The SMILES string of the molecule is FC(F)(F)c1cccc(Nc2ncnc3c2cnn3C2CCNCC2)c1. The Kier molecular flexibility index (Phi) is 4.23. The molecule has 1 aliphatic rings. The Balaban J connectivity index is 1.66. The maximum Gasteiger partial charge on any atom is 0.416 e. The van der Waals surface area contributed by atoms with Crippen LogP contribution in [0.15, 0.2) is 36.8 Å². The Bertz CT molecular complexity index is 914. The predicted octanol–water partition coefficient (Wildman–Crippen LogP) is 3.51. The first-order valence-electron chi connectivity index (χ1n) is 8.35. The summed E-state index contributed by atoms with van der Waals surface area (Å²) in [5, 5.41) is 11.4. The molecule has 2 aromatic heterocycles. The number of piperidine rings is 1. The van der Waals surface area contributed by atoms with Crippen molar-refractivity contribution in [2.45, 2.75) is 25.1 Å². The van der Waals surface area contributed by atoms with E-state index in [4.69, 9.17) is 0 Å². The van der Waals surface area contributed by atoms with Crippen LogP contribution in [-0.2, 0) is 6.18 Å². The third kappa shape index (κ3) is 3.22. The predicted molar refractivity (Wildman–Crippen MR) is 91.2 cm³/mol. The molecular formula is C17H17F3N6. The van der Waals surface area contributed by atoms with Crippen LogP contribution < -0.4 is 10.6 Å². The van der Waals surface area contributed by atoms with Crippen molar-refractivity contribution in [1.82, 2.24) is 25.1 Å². The molecule has 4 rings (SSSR count). The van der Waals surface area contributed by atoms with Crippen molar-refractivity contribution < 1.29 is 13.2 Å². The zero-order valence-electron chi connectivity index (χ0n) is 13.8. The highest BCUT2D eigenvalue weighted by Crippen LogP contribution is 2.32. The molecule has 1 aromatic carbocycles. The van der Waals surface area contributed by atoms with Crippen LogP contribution in [0.4, 0.5) is 24.7 Å². The number of hydrogen-bond donors (Lipinski definition) is 2. The van der Waals surface area contributed by atoms with Crippen molar-refractivity contribution in [3.8, 4) is 0 Å². The third-order valence-electron chi connectivity index (χ3n) is 4.50. The highest BCUT2D eigenvalue weighted by molar-refractivity contribution is 5.88. The zero-order chi connectivity index (χ0) is 18.1. The van der Waals surface area contributed by atoms with E-state index in [0.717, 1.165) is 38.1 Å². The molecule has 0 saturated carbocycles. The maximum absolute atomic E-state index is 12.9. The molecule has 136 valence electrons. The van der Waals surface area contributed by atoms with Gasteiger partial charge >= 0.3 is 6.18 Å². The van der Waals surface area contributed by atoms with Gasteiger partial charge in [-0.05, 0) is 44.1 Å². The second-order valence-corrected chi connectivity index (χ2v) is 6.23. The summed E-state index contributed by atoms with van der Waals surface area (Å²) in [6, 6.07) is 5.29. The fraction of sp³-hybridized carbons (Fsp3) is 0.353. The molecule has 1 saturated heterocycles. The van der Waals surface area contributed by atoms with Crippen molar-refractivity contribution in [2.75, 3.05) is 18.4 Å². The van der Waals surface area contributed by atoms with E-state index in [1.165, 1.54) is 12.4 Å². The molecule has 0 aliphatic carbocycles.